The van der Waals surface area contributed by atoms with E-state index in [1.165, 1.54) is 29.2 Å². The van der Waals surface area contributed by atoms with Crippen molar-refractivity contribution in [3.05, 3.63) is 99.6 Å². The minimum Gasteiger partial charge on any atom is -0.478 e. The molecule has 0 radical (unpaired) electrons. The summed E-state index contributed by atoms with van der Waals surface area (Å²) in [5.74, 6) is -1.21. The maximum Gasteiger partial charge on any atom is 0.347 e. The number of nitro groups is 1. The lowest BCUT2D eigenvalue weighted by Gasteiger charge is -2.27. The summed E-state index contributed by atoms with van der Waals surface area (Å²) < 4.78 is 6.12. The van der Waals surface area contributed by atoms with Gasteiger partial charge in [-0.3, -0.25) is 10.1 Å². The molecule has 40 heavy (non-hydrogen) atoms. The van der Waals surface area contributed by atoms with E-state index in [1.807, 2.05) is 36.4 Å². The number of hydrogen-bond acceptors (Lipinski definition) is 4. The number of carbonyl (C=O) groups is 1. The topological polar surface area (TPSA) is 89.7 Å². The summed E-state index contributed by atoms with van der Waals surface area (Å²) in [6, 6.07) is 19.3. The molecule has 1 unspecified atom stereocenters. The van der Waals surface area contributed by atoms with Gasteiger partial charge in [-0.25, -0.2) is 4.79 Å². The molecule has 7 heteroatoms. The lowest BCUT2D eigenvalue weighted by Crippen LogP contribution is -2.42. The monoisotopic (exact) mass is 597 g/mol. The van der Waals surface area contributed by atoms with Gasteiger partial charge in [0.15, 0.2) is 0 Å². The zero-order valence-corrected chi connectivity index (χ0v) is 23.7. The molecule has 202 valence electrons. The number of benzene rings is 4. The highest BCUT2D eigenvalue weighted by atomic mass is 79.9. The van der Waals surface area contributed by atoms with Gasteiger partial charge >= 0.3 is 11.7 Å². The second kappa shape index (κ2) is 10.2. The van der Waals surface area contributed by atoms with E-state index in [0.717, 1.165) is 41.8 Å². The zero-order chi connectivity index (χ0) is 28.0. The number of carboxylic acids is 1. The van der Waals surface area contributed by atoms with Crippen LogP contribution in [0.25, 0.3) is 38.2 Å². The maximum absolute atomic E-state index is 12.7. The van der Waals surface area contributed by atoms with Crippen molar-refractivity contribution >= 4 is 54.7 Å². The number of allylic oxidation sites excluding steroid dienone is 4. The minimum absolute atomic E-state index is 0.0266. The summed E-state index contributed by atoms with van der Waals surface area (Å²) in [6.45, 7) is 1.45. The van der Waals surface area contributed by atoms with Crippen LogP contribution in [0, 0.1) is 10.1 Å². The van der Waals surface area contributed by atoms with E-state index >= 15 is 0 Å². The van der Waals surface area contributed by atoms with E-state index in [-0.39, 0.29) is 17.9 Å². The van der Waals surface area contributed by atoms with E-state index < -0.39 is 16.5 Å². The molecule has 6 nitrogen and oxygen atoms in total. The Hall–Kier alpha value is -3.97. The molecule has 1 N–H and O–H groups in total. The minimum atomic E-state index is -1.66. The summed E-state index contributed by atoms with van der Waals surface area (Å²) in [5, 5.41) is 26.5. The number of halogens is 1. The fourth-order valence-electron chi connectivity index (χ4n) is 6.01. The predicted octanol–water partition coefficient (Wildman–Crippen LogP) is 8.63. The Bertz CT molecular complexity index is 1770. The molecule has 1 atom stereocenters. The third kappa shape index (κ3) is 4.38. The number of aliphatic carboxylic acids is 1. The van der Waals surface area contributed by atoms with Crippen LogP contribution in [0.2, 0.25) is 0 Å². The number of nitro benzene ring substituents is 1. The average Bonchev–Trinajstić information content (AvgIpc) is 2.96. The van der Waals surface area contributed by atoms with Crippen LogP contribution in [-0.2, 0) is 11.2 Å². The van der Waals surface area contributed by atoms with Crippen LogP contribution in [0.15, 0.2) is 78.4 Å². The molecule has 0 bridgehead atoms. The summed E-state index contributed by atoms with van der Waals surface area (Å²) in [4.78, 5) is 24.5. The summed E-state index contributed by atoms with van der Waals surface area (Å²) in [6.07, 6.45) is 8.72. The zero-order valence-electron chi connectivity index (χ0n) is 22.1. The van der Waals surface area contributed by atoms with Crippen LogP contribution in [0.1, 0.15) is 43.7 Å². The Kier molecular flexibility index (Phi) is 6.70. The van der Waals surface area contributed by atoms with Crippen molar-refractivity contribution in [2.24, 2.45) is 0 Å². The van der Waals surface area contributed by atoms with Crippen molar-refractivity contribution in [2.45, 2.75) is 44.6 Å². The number of nitrogens with zero attached hydrogens (tertiary/aromatic N) is 1. The van der Waals surface area contributed by atoms with Gasteiger partial charge in [0.1, 0.15) is 0 Å². The van der Waals surface area contributed by atoms with Gasteiger partial charge in [-0.15, -0.1) is 0 Å². The quantitative estimate of drug-likeness (QED) is 0.131. The lowest BCUT2D eigenvalue weighted by atomic mass is 9.79. The molecule has 0 aliphatic heterocycles. The first kappa shape index (κ1) is 26.3. The Morgan fingerprint density at radius 2 is 1.82 bits per heavy atom. The summed E-state index contributed by atoms with van der Waals surface area (Å²) in [5.41, 5.74) is 4.53. The average molecular weight is 598 g/mol. The number of ether oxygens (including phenoxy) is 1. The third-order valence-electron chi connectivity index (χ3n) is 8.20. The molecule has 0 saturated carbocycles. The fraction of sp³-hybridized carbons (Fsp3) is 0.242. The molecular formula is C33H28BrNO5. The van der Waals surface area contributed by atoms with Crippen LogP contribution >= 0.6 is 15.9 Å². The Morgan fingerprint density at radius 1 is 1.02 bits per heavy atom. The van der Waals surface area contributed by atoms with Crippen molar-refractivity contribution in [2.75, 3.05) is 5.33 Å². The highest BCUT2D eigenvalue weighted by Gasteiger charge is 2.39. The molecule has 2 aliphatic rings. The molecular weight excluding hydrogens is 570 g/mol. The Morgan fingerprint density at radius 3 is 2.60 bits per heavy atom. The lowest BCUT2D eigenvalue weighted by molar-refractivity contribution is -0.385. The van der Waals surface area contributed by atoms with Gasteiger partial charge in [0.25, 0.3) is 0 Å². The second-order valence-electron chi connectivity index (χ2n) is 10.6. The molecule has 0 fully saturated rings. The van der Waals surface area contributed by atoms with E-state index in [1.54, 1.807) is 12.1 Å². The van der Waals surface area contributed by atoms with Crippen LogP contribution in [-0.4, -0.2) is 26.9 Å². The smallest absolute Gasteiger partial charge is 0.347 e. The first-order valence-electron chi connectivity index (χ1n) is 13.4. The number of aryl methyl sites for hydroxylation is 1. The first-order valence-corrected chi connectivity index (χ1v) is 14.6. The van der Waals surface area contributed by atoms with Crippen molar-refractivity contribution in [3.63, 3.8) is 0 Å². The highest BCUT2D eigenvalue weighted by molar-refractivity contribution is 9.09. The molecule has 0 spiro atoms. The van der Waals surface area contributed by atoms with Crippen LogP contribution in [0.3, 0.4) is 0 Å². The van der Waals surface area contributed by atoms with E-state index in [0.29, 0.717) is 21.8 Å². The summed E-state index contributed by atoms with van der Waals surface area (Å²) in [7, 11) is 0. The van der Waals surface area contributed by atoms with Crippen LogP contribution < -0.4 is 4.74 Å². The predicted molar refractivity (Wildman–Crippen MR) is 162 cm³/mol. The number of alkyl halides is 1. The van der Waals surface area contributed by atoms with Crippen molar-refractivity contribution in [3.8, 4) is 16.9 Å². The van der Waals surface area contributed by atoms with Gasteiger partial charge in [-0.2, -0.15) is 0 Å². The Labute approximate surface area is 240 Å². The van der Waals surface area contributed by atoms with Crippen LogP contribution in [0.5, 0.6) is 5.75 Å². The molecule has 0 amide bonds. The molecule has 0 heterocycles. The Balaban J connectivity index is 1.59. The van der Waals surface area contributed by atoms with E-state index in [2.05, 4.69) is 40.2 Å². The number of carboxylic acid groups (broad SMARTS) is 1. The molecule has 2 aliphatic carbocycles. The first-order chi connectivity index (χ1) is 19.3. The van der Waals surface area contributed by atoms with Crippen molar-refractivity contribution in [1.82, 2.24) is 0 Å². The molecule has 0 aromatic heterocycles. The fourth-order valence-corrected chi connectivity index (χ4v) is 6.77. The standard InChI is InChI=1S/C33H28BrNO5/c1-33(16-17-34,32(36)37)40-31-25-9-5-3-7-22(25)19-29(30(31)35(38)39)23-11-10-21-13-14-26-24-8-4-2-6-20(24)12-15-27(26)28(21)18-23/h3-5,7-11,13-14,18-19H,2,6,12,15-17H2,1H3,(H,36,37). The largest absolute Gasteiger partial charge is 0.478 e. The van der Waals surface area contributed by atoms with Crippen LogP contribution in [0.4, 0.5) is 5.69 Å². The third-order valence-corrected chi connectivity index (χ3v) is 8.60. The van der Waals surface area contributed by atoms with E-state index in [4.69, 9.17) is 4.74 Å². The molecule has 4 aromatic rings. The van der Waals surface area contributed by atoms with Gasteiger partial charge in [-0.05, 0) is 83.2 Å². The second-order valence-corrected chi connectivity index (χ2v) is 11.4. The number of hydrogen-bond donors (Lipinski definition) is 1. The molecule has 0 saturated heterocycles. The van der Waals surface area contributed by atoms with E-state index in [9.17, 15) is 20.0 Å². The maximum atomic E-state index is 12.7. The molecule has 4 aromatic carbocycles. The van der Waals surface area contributed by atoms with Gasteiger partial charge in [0.2, 0.25) is 11.4 Å². The molecule has 6 rings (SSSR count). The normalized spacial score (nSPS) is 15.9. The van der Waals surface area contributed by atoms with Crippen molar-refractivity contribution in [1.29, 1.82) is 0 Å². The van der Waals surface area contributed by atoms with Gasteiger partial charge in [0.05, 0.1) is 10.5 Å². The highest BCUT2D eigenvalue weighted by Crippen LogP contribution is 2.47. The SMILES string of the molecule is CC(CCBr)(Oc1c([N+](=O)[O-])c(-c2ccc3ccc4c(c3c2)CCC2=C4C=CCC2)cc2ccccc12)C(=O)O. The van der Waals surface area contributed by atoms with Crippen molar-refractivity contribution < 1.29 is 19.6 Å². The van der Waals surface area contributed by atoms with Gasteiger partial charge in [0, 0.05) is 17.1 Å². The number of rotatable bonds is 7. The number of fused-ring (bicyclic) bond motifs is 5. The van der Waals surface area contributed by atoms with Gasteiger partial charge in [-0.1, -0.05) is 82.2 Å². The summed E-state index contributed by atoms with van der Waals surface area (Å²) >= 11 is 3.30. The van der Waals surface area contributed by atoms with Gasteiger partial charge < -0.3 is 9.84 Å².